The third-order valence-corrected chi connectivity index (χ3v) is 5.67. The molecule has 0 aromatic carbocycles. The SMILES string of the molecule is CCNCC1(CN2CCCC(C(C)C)CC2)CCOCC1. The average Bonchev–Trinajstić information content (AvgIpc) is 2.72. The van der Waals surface area contributed by atoms with Crippen molar-refractivity contribution >= 4 is 0 Å². The summed E-state index contributed by atoms with van der Waals surface area (Å²) < 4.78 is 5.62. The number of nitrogens with zero attached hydrogens (tertiary/aromatic N) is 1. The molecule has 2 heterocycles. The Morgan fingerprint density at radius 3 is 2.62 bits per heavy atom. The Kier molecular flexibility index (Phi) is 6.97. The molecule has 0 bridgehead atoms. The van der Waals surface area contributed by atoms with Crippen LogP contribution in [0.5, 0.6) is 0 Å². The highest BCUT2D eigenvalue weighted by atomic mass is 16.5. The fraction of sp³-hybridized carbons (Fsp3) is 1.00. The van der Waals surface area contributed by atoms with Crippen LogP contribution in [0.3, 0.4) is 0 Å². The van der Waals surface area contributed by atoms with Crippen molar-refractivity contribution in [3.63, 3.8) is 0 Å². The summed E-state index contributed by atoms with van der Waals surface area (Å²) in [5, 5.41) is 3.61. The van der Waals surface area contributed by atoms with E-state index in [1.54, 1.807) is 0 Å². The number of hydrogen-bond donors (Lipinski definition) is 1. The van der Waals surface area contributed by atoms with Crippen molar-refractivity contribution in [2.45, 2.75) is 52.9 Å². The first-order valence-corrected chi connectivity index (χ1v) is 9.16. The quantitative estimate of drug-likeness (QED) is 0.815. The van der Waals surface area contributed by atoms with Gasteiger partial charge in [0.25, 0.3) is 0 Å². The van der Waals surface area contributed by atoms with Gasteiger partial charge in [-0.3, -0.25) is 0 Å². The number of hydrogen-bond acceptors (Lipinski definition) is 3. The summed E-state index contributed by atoms with van der Waals surface area (Å²) in [6.45, 7) is 15.0. The Balaban J connectivity index is 1.90. The number of rotatable bonds is 6. The molecular weight excluding hydrogens is 260 g/mol. The summed E-state index contributed by atoms with van der Waals surface area (Å²) in [6.07, 6.45) is 6.66. The van der Waals surface area contributed by atoms with Gasteiger partial charge in [0.15, 0.2) is 0 Å². The van der Waals surface area contributed by atoms with Crippen molar-refractivity contribution in [2.75, 3.05) is 45.9 Å². The lowest BCUT2D eigenvalue weighted by Gasteiger charge is -2.41. The first kappa shape index (κ1) is 17.2. The second kappa shape index (κ2) is 8.50. The number of likely N-dealkylation sites (tertiary alicyclic amines) is 1. The van der Waals surface area contributed by atoms with E-state index in [1.165, 1.54) is 51.7 Å². The summed E-state index contributed by atoms with van der Waals surface area (Å²) >= 11 is 0. The van der Waals surface area contributed by atoms with Crippen molar-refractivity contribution in [2.24, 2.45) is 17.3 Å². The van der Waals surface area contributed by atoms with Crippen LogP contribution < -0.4 is 5.32 Å². The molecule has 1 unspecified atom stereocenters. The van der Waals surface area contributed by atoms with Gasteiger partial charge in [-0.05, 0) is 69.0 Å². The van der Waals surface area contributed by atoms with Crippen molar-refractivity contribution in [1.82, 2.24) is 10.2 Å². The molecule has 0 radical (unpaired) electrons. The topological polar surface area (TPSA) is 24.5 Å². The minimum atomic E-state index is 0.450. The molecule has 124 valence electrons. The van der Waals surface area contributed by atoms with Gasteiger partial charge in [-0.25, -0.2) is 0 Å². The van der Waals surface area contributed by atoms with Gasteiger partial charge in [0.05, 0.1) is 0 Å². The predicted octanol–water partition coefficient (Wildman–Crippen LogP) is 3.15. The molecule has 2 aliphatic rings. The maximum Gasteiger partial charge on any atom is 0.0472 e. The maximum atomic E-state index is 5.62. The van der Waals surface area contributed by atoms with E-state index in [1.807, 2.05) is 0 Å². The molecule has 0 aliphatic carbocycles. The molecule has 2 saturated heterocycles. The van der Waals surface area contributed by atoms with Crippen LogP contribution in [-0.2, 0) is 4.74 Å². The molecule has 0 aromatic rings. The molecule has 3 heteroatoms. The van der Waals surface area contributed by atoms with Crippen LogP contribution in [0.4, 0.5) is 0 Å². The zero-order valence-corrected chi connectivity index (χ0v) is 14.5. The standard InChI is InChI=1S/C18H36N2O/c1-4-19-14-18(8-12-21-13-9-18)15-20-10-5-6-17(7-11-20)16(2)3/h16-17,19H,4-15H2,1-3H3. The summed E-state index contributed by atoms with van der Waals surface area (Å²) in [5.74, 6) is 1.79. The summed E-state index contributed by atoms with van der Waals surface area (Å²) in [4.78, 5) is 2.76. The normalized spacial score (nSPS) is 27.7. The highest BCUT2D eigenvalue weighted by molar-refractivity contribution is 4.88. The van der Waals surface area contributed by atoms with Crippen molar-refractivity contribution < 1.29 is 4.74 Å². The van der Waals surface area contributed by atoms with E-state index >= 15 is 0 Å². The number of ether oxygens (including phenoxy) is 1. The van der Waals surface area contributed by atoms with Crippen LogP contribution in [-0.4, -0.2) is 50.8 Å². The van der Waals surface area contributed by atoms with Crippen molar-refractivity contribution in [3.8, 4) is 0 Å². The van der Waals surface area contributed by atoms with E-state index in [4.69, 9.17) is 4.74 Å². The molecule has 0 amide bonds. The van der Waals surface area contributed by atoms with E-state index in [-0.39, 0.29) is 0 Å². The van der Waals surface area contributed by atoms with E-state index in [2.05, 4.69) is 31.0 Å². The van der Waals surface area contributed by atoms with Crippen LogP contribution in [0.1, 0.15) is 52.9 Å². The van der Waals surface area contributed by atoms with Gasteiger partial charge in [-0.1, -0.05) is 20.8 Å². The lowest BCUT2D eigenvalue weighted by molar-refractivity contribution is -0.00387. The molecule has 0 aromatic heterocycles. The zero-order chi connectivity index (χ0) is 15.1. The fourth-order valence-electron chi connectivity index (χ4n) is 4.07. The molecular formula is C18H36N2O. The Morgan fingerprint density at radius 2 is 1.95 bits per heavy atom. The van der Waals surface area contributed by atoms with Crippen LogP contribution in [0.2, 0.25) is 0 Å². The molecule has 21 heavy (non-hydrogen) atoms. The predicted molar refractivity (Wildman–Crippen MR) is 89.6 cm³/mol. The largest absolute Gasteiger partial charge is 0.381 e. The lowest BCUT2D eigenvalue weighted by Crippen LogP contribution is -2.47. The Bertz CT molecular complexity index is 287. The Hall–Kier alpha value is -0.120. The van der Waals surface area contributed by atoms with Crippen LogP contribution in [0.25, 0.3) is 0 Å². The van der Waals surface area contributed by atoms with E-state index < -0.39 is 0 Å². The van der Waals surface area contributed by atoms with Gasteiger partial charge in [0.1, 0.15) is 0 Å². The molecule has 1 N–H and O–H groups in total. The van der Waals surface area contributed by atoms with Crippen LogP contribution in [0.15, 0.2) is 0 Å². The molecule has 1 atom stereocenters. The monoisotopic (exact) mass is 296 g/mol. The molecule has 2 aliphatic heterocycles. The highest BCUT2D eigenvalue weighted by Gasteiger charge is 2.34. The van der Waals surface area contributed by atoms with E-state index in [0.29, 0.717) is 5.41 Å². The molecule has 0 saturated carbocycles. The summed E-state index contributed by atoms with van der Waals surface area (Å²) in [5.41, 5.74) is 0.450. The fourth-order valence-corrected chi connectivity index (χ4v) is 4.07. The molecule has 2 rings (SSSR count). The third-order valence-electron chi connectivity index (χ3n) is 5.67. The van der Waals surface area contributed by atoms with Gasteiger partial charge < -0.3 is 15.0 Å². The van der Waals surface area contributed by atoms with Crippen LogP contribution in [0, 0.1) is 17.3 Å². The Morgan fingerprint density at radius 1 is 1.19 bits per heavy atom. The zero-order valence-electron chi connectivity index (χ0n) is 14.5. The molecule has 3 nitrogen and oxygen atoms in total. The highest BCUT2D eigenvalue weighted by Crippen LogP contribution is 2.33. The minimum Gasteiger partial charge on any atom is -0.381 e. The van der Waals surface area contributed by atoms with E-state index in [0.717, 1.165) is 38.1 Å². The lowest BCUT2D eigenvalue weighted by atomic mass is 9.79. The van der Waals surface area contributed by atoms with Crippen molar-refractivity contribution in [3.05, 3.63) is 0 Å². The van der Waals surface area contributed by atoms with E-state index in [9.17, 15) is 0 Å². The maximum absolute atomic E-state index is 5.62. The second-order valence-electron chi connectivity index (χ2n) is 7.60. The first-order valence-electron chi connectivity index (χ1n) is 9.16. The van der Waals surface area contributed by atoms with Gasteiger partial charge in [-0.15, -0.1) is 0 Å². The van der Waals surface area contributed by atoms with Gasteiger partial charge in [0.2, 0.25) is 0 Å². The minimum absolute atomic E-state index is 0.450. The number of nitrogens with one attached hydrogen (secondary N) is 1. The van der Waals surface area contributed by atoms with Crippen LogP contribution >= 0.6 is 0 Å². The Labute approximate surface area is 131 Å². The van der Waals surface area contributed by atoms with Gasteiger partial charge in [0, 0.05) is 26.3 Å². The summed E-state index contributed by atoms with van der Waals surface area (Å²) in [6, 6.07) is 0. The van der Waals surface area contributed by atoms with Gasteiger partial charge in [-0.2, -0.15) is 0 Å². The van der Waals surface area contributed by atoms with Crippen molar-refractivity contribution in [1.29, 1.82) is 0 Å². The first-order chi connectivity index (χ1) is 10.2. The second-order valence-corrected chi connectivity index (χ2v) is 7.60. The summed E-state index contributed by atoms with van der Waals surface area (Å²) in [7, 11) is 0. The van der Waals surface area contributed by atoms with Gasteiger partial charge >= 0.3 is 0 Å². The smallest absolute Gasteiger partial charge is 0.0472 e. The molecule has 2 fully saturated rings. The molecule has 0 spiro atoms. The average molecular weight is 296 g/mol. The third kappa shape index (κ3) is 5.22.